The summed E-state index contributed by atoms with van der Waals surface area (Å²) in [4.78, 5) is 0. The van der Waals surface area contributed by atoms with Crippen molar-refractivity contribution in [2.75, 3.05) is 0 Å². The van der Waals surface area contributed by atoms with Crippen molar-refractivity contribution in [3.05, 3.63) is 36.2 Å². The molecule has 1 aromatic heterocycles. The zero-order valence-corrected chi connectivity index (χ0v) is 9.72. The molecule has 1 unspecified atom stereocenters. The zero-order valence-electron chi connectivity index (χ0n) is 9.72. The fourth-order valence-electron chi connectivity index (χ4n) is 1.70. The van der Waals surface area contributed by atoms with Crippen molar-refractivity contribution in [3.63, 3.8) is 0 Å². The van der Waals surface area contributed by atoms with Gasteiger partial charge in [0.25, 0.3) is 0 Å². The second-order valence-electron chi connectivity index (χ2n) is 4.49. The van der Waals surface area contributed by atoms with E-state index in [1.54, 1.807) is 6.20 Å². The number of nitrogens with zero attached hydrogens (tertiary/aromatic N) is 2. The van der Waals surface area contributed by atoms with Crippen LogP contribution in [0.4, 0.5) is 0 Å². The van der Waals surface area contributed by atoms with Gasteiger partial charge in [-0.2, -0.15) is 10.2 Å². The minimum atomic E-state index is 0.139. The standard InChI is InChI=1S/C13H17N3/c1-9(2)12(14)7-13-11-6-4-3-5-10(11)8-15-16-13/h3-6,8-9,12H,7,14H2,1-2H3. The summed E-state index contributed by atoms with van der Waals surface area (Å²) < 4.78 is 0. The highest BCUT2D eigenvalue weighted by molar-refractivity contribution is 5.83. The number of benzene rings is 1. The third-order valence-corrected chi connectivity index (χ3v) is 2.93. The molecule has 0 spiro atoms. The monoisotopic (exact) mass is 215 g/mol. The van der Waals surface area contributed by atoms with E-state index in [2.05, 4.69) is 36.2 Å². The summed E-state index contributed by atoms with van der Waals surface area (Å²) in [5, 5.41) is 10.5. The van der Waals surface area contributed by atoms with E-state index in [1.165, 1.54) is 0 Å². The van der Waals surface area contributed by atoms with Crippen molar-refractivity contribution < 1.29 is 0 Å². The molecule has 3 nitrogen and oxygen atoms in total. The fraction of sp³-hybridized carbons (Fsp3) is 0.385. The van der Waals surface area contributed by atoms with E-state index >= 15 is 0 Å². The highest BCUT2D eigenvalue weighted by Crippen LogP contribution is 2.17. The van der Waals surface area contributed by atoms with Gasteiger partial charge in [-0.1, -0.05) is 38.1 Å². The zero-order chi connectivity index (χ0) is 11.5. The van der Waals surface area contributed by atoms with Crippen LogP contribution in [0.1, 0.15) is 19.5 Å². The minimum Gasteiger partial charge on any atom is -0.327 e. The Hall–Kier alpha value is -1.48. The largest absolute Gasteiger partial charge is 0.327 e. The number of rotatable bonds is 3. The molecule has 0 bridgehead atoms. The molecule has 0 aliphatic rings. The maximum absolute atomic E-state index is 6.07. The van der Waals surface area contributed by atoms with Gasteiger partial charge in [-0.25, -0.2) is 0 Å². The normalized spacial score (nSPS) is 13.2. The third kappa shape index (κ3) is 2.19. The molecule has 0 saturated carbocycles. The predicted molar refractivity (Wildman–Crippen MR) is 66.1 cm³/mol. The maximum Gasteiger partial charge on any atom is 0.0724 e. The second kappa shape index (κ2) is 4.58. The van der Waals surface area contributed by atoms with Crippen LogP contribution in [0.3, 0.4) is 0 Å². The molecule has 0 saturated heterocycles. The van der Waals surface area contributed by atoms with Gasteiger partial charge in [0.15, 0.2) is 0 Å². The van der Waals surface area contributed by atoms with Crippen LogP contribution in [-0.2, 0) is 6.42 Å². The molecule has 1 aromatic carbocycles. The molecule has 1 atom stereocenters. The molecule has 84 valence electrons. The quantitative estimate of drug-likeness (QED) is 0.853. The third-order valence-electron chi connectivity index (χ3n) is 2.93. The Bertz CT molecular complexity index is 474. The van der Waals surface area contributed by atoms with Crippen LogP contribution in [0.2, 0.25) is 0 Å². The summed E-state index contributed by atoms with van der Waals surface area (Å²) in [5.41, 5.74) is 7.07. The topological polar surface area (TPSA) is 51.8 Å². The van der Waals surface area contributed by atoms with Crippen molar-refractivity contribution in [3.8, 4) is 0 Å². The maximum atomic E-state index is 6.07. The van der Waals surface area contributed by atoms with Gasteiger partial charge >= 0.3 is 0 Å². The predicted octanol–water partition coefficient (Wildman–Crippen LogP) is 2.16. The van der Waals surface area contributed by atoms with E-state index in [0.29, 0.717) is 5.92 Å². The Balaban J connectivity index is 2.37. The van der Waals surface area contributed by atoms with Gasteiger partial charge in [-0.3, -0.25) is 0 Å². The van der Waals surface area contributed by atoms with Crippen molar-refractivity contribution >= 4 is 10.8 Å². The van der Waals surface area contributed by atoms with Crippen LogP contribution in [0.5, 0.6) is 0 Å². The Morgan fingerprint density at radius 3 is 2.75 bits per heavy atom. The summed E-state index contributed by atoms with van der Waals surface area (Å²) in [6, 6.07) is 8.30. The van der Waals surface area contributed by atoms with Crippen LogP contribution >= 0.6 is 0 Å². The van der Waals surface area contributed by atoms with Crippen LogP contribution < -0.4 is 5.73 Å². The van der Waals surface area contributed by atoms with Crippen LogP contribution in [0.15, 0.2) is 30.5 Å². The number of hydrogen-bond donors (Lipinski definition) is 1. The average Bonchev–Trinajstić information content (AvgIpc) is 2.29. The van der Waals surface area contributed by atoms with Crippen molar-refractivity contribution in [1.82, 2.24) is 10.2 Å². The van der Waals surface area contributed by atoms with E-state index in [1.807, 2.05) is 12.1 Å². The lowest BCUT2D eigenvalue weighted by Crippen LogP contribution is -2.29. The van der Waals surface area contributed by atoms with Crippen LogP contribution in [-0.4, -0.2) is 16.2 Å². The number of nitrogens with two attached hydrogens (primary N) is 1. The molecule has 1 heterocycles. The molecule has 0 radical (unpaired) electrons. The van der Waals surface area contributed by atoms with Crippen molar-refractivity contribution in [1.29, 1.82) is 0 Å². The van der Waals surface area contributed by atoms with Gasteiger partial charge in [0, 0.05) is 23.2 Å². The number of aromatic nitrogens is 2. The molecule has 0 aliphatic carbocycles. The number of hydrogen-bond acceptors (Lipinski definition) is 3. The molecular weight excluding hydrogens is 198 g/mol. The summed E-state index contributed by atoms with van der Waals surface area (Å²) in [5.74, 6) is 0.459. The number of fused-ring (bicyclic) bond motifs is 1. The summed E-state index contributed by atoms with van der Waals surface area (Å²) in [6.07, 6.45) is 2.58. The first-order valence-electron chi connectivity index (χ1n) is 5.63. The lowest BCUT2D eigenvalue weighted by molar-refractivity contribution is 0.486. The average molecular weight is 215 g/mol. The molecule has 2 aromatic rings. The van der Waals surface area contributed by atoms with E-state index in [9.17, 15) is 0 Å². The first kappa shape index (κ1) is 11.0. The molecule has 0 aliphatic heterocycles. The van der Waals surface area contributed by atoms with Crippen LogP contribution in [0, 0.1) is 5.92 Å². The smallest absolute Gasteiger partial charge is 0.0724 e. The lowest BCUT2D eigenvalue weighted by Gasteiger charge is -2.15. The van der Waals surface area contributed by atoms with Gasteiger partial charge in [0.1, 0.15) is 0 Å². The Kier molecular flexibility index (Phi) is 3.15. The molecule has 2 N–H and O–H groups in total. The molecule has 16 heavy (non-hydrogen) atoms. The SMILES string of the molecule is CC(C)C(N)Cc1nncc2ccccc12. The van der Waals surface area contributed by atoms with Crippen molar-refractivity contribution in [2.24, 2.45) is 11.7 Å². The summed E-state index contributed by atoms with van der Waals surface area (Å²) in [6.45, 7) is 4.26. The molecule has 0 fully saturated rings. The highest BCUT2D eigenvalue weighted by atomic mass is 15.1. The lowest BCUT2D eigenvalue weighted by atomic mass is 9.98. The van der Waals surface area contributed by atoms with E-state index in [0.717, 1.165) is 22.9 Å². The molecule has 2 rings (SSSR count). The molecule has 3 heteroatoms. The van der Waals surface area contributed by atoms with E-state index in [-0.39, 0.29) is 6.04 Å². The first-order chi connectivity index (χ1) is 7.68. The second-order valence-corrected chi connectivity index (χ2v) is 4.49. The molecule has 0 amide bonds. The Morgan fingerprint density at radius 2 is 2.00 bits per heavy atom. The van der Waals surface area contributed by atoms with E-state index in [4.69, 9.17) is 5.73 Å². The summed E-state index contributed by atoms with van der Waals surface area (Å²) in [7, 11) is 0. The first-order valence-corrected chi connectivity index (χ1v) is 5.63. The molecular formula is C13H17N3. The van der Waals surface area contributed by atoms with Crippen LogP contribution in [0.25, 0.3) is 10.8 Å². The Morgan fingerprint density at radius 1 is 1.25 bits per heavy atom. The summed E-state index contributed by atoms with van der Waals surface area (Å²) >= 11 is 0. The van der Waals surface area contributed by atoms with Gasteiger partial charge in [0.05, 0.1) is 11.9 Å². The van der Waals surface area contributed by atoms with E-state index < -0.39 is 0 Å². The highest BCUT2D eigenvalue weighted by Gasteiger charge is 2.11. The van der Waals surface area contributed by atoms with Gasteiger partial charge < -0.3 is 5.73 Å². The Labute approximate surface area is 95.7 Å². The minimum absolute atomic E-state index is 0.139. The van der Waals surface area contributed by atoms with Gasteiger partial charge in [-0.15, -0.1) is 0 Å². The fourth-order valence-corrected chi connectivity index (χ4v) is 1.70. The van der Waals surface area contributed by atoms with Gasteiger partial charge in [0.2, 0.25) is 0 Å². The van der Waals surface area contributed by atoms with Crippen molar-refractivity contribution in [2.45, 2.75) is 26.3 Å². The van der Waals surface area contributed by atoms with Gasteiger partial charge in [-0.05, 0) is 5.92 Å².